The van der Waals surface area contributed by atoms with E-state index in [9.17, 15) is 0 Å². The van der Waals surface area contributed by atoms with Crippen molar-refractivity contribution in [3.8, 4) is 6.07 Å². The molecule has 0 aliphatic rings. The van der Waals surface area contributed by atoms with Crippen molar-refractivity contribution in [1.82, 2.24) is 4.98 Å². The van der Waals surface area contributed by atoms with Gasteiger partial charge in [0.15, 0.2) is 5.82 Å². The maximum Gasteiger partial charge on any atom is 0.153 e. The molecule has 0 atom stereocenters. The minimum absolute atomic E-state index is 0.406. The Bertz CT molecular complexity index is 435. The molecule has 110 valence electrons. The van der Waals surface area contributed by atoms with Crippen molar-refractivity contribution in [2.45, 2.75) is 13.8 Å². The summed E-state index contributed by atoms with van der Waals surface area (Å²) in [5, 5.41) is 9.03. The zero-order chi connectivity index (χ0) is 14.8. The van der Waals surface area contributed by atoms with Gasteiger partial charge in [-0.15, -0.1) is 0 Å². The quantitative estimate of drug-likeness (QED) is 0.688. The lowest BCUT2D eigenvalue weighted by atomic mass is 10.2. The van der Waals surface area contributed by atoms with E-state index in [1.54, 1.807) is 12.3 Å². The van der Waals surface area contributed by atoms with Gasteiger partial charge in [0, 0.05) is 32.5 Å². The van der Waals surface area contributed by atoms with Crippen LogP contribution < -0.4 is 10.6 Å². The number of pyridine rings is 1. The van der Waals surface area contributed by atoms with Crippen LogP contribution in [0.3, 0.4) is 0 Å². The Hall–Kier alpha value is -1.84. The molecule has 6 nitrogen and oxygen atoms in total. The molecule has 6 heteroatoms. The Labute approximate surface area is 120 Å². The minimum atomic E-state index is 0.406. The van der Waals surface area contributed by atoms with Gasteiger partial charge in [0.05, 0.1) is 24.5 Å². The van der Waals surface area contributed by atoms with Crippen LogP contribution in [0.1, 0.15) is 19.4 Å². The number of nitriles is 1. The van der Waals surface area contributed by atoms with Crippen molar-refractivity contribution >= 4 is 11.5 Å². The number of nitrogen functional groups attached to an aromatic ring is 1. The lowest BCUT2D eigenvalue weighted by Gasteiger charge is -2.25. The second-order valence-electron chi connectivity index (χ2n) is 4.09. The molecular formula is C14H22N4O2. The Morgan fingerprint density at radius 3 is 2.35 bits per heavy atom. The second-order valence-corrected chi connectivity index (χ2v) is 4.09. The van der Waals surface area contributed by atoms with Gasteiger partial charge in [-0.2, -0.15) is 5.26 Å². The van der Waals surface area contributed by atoms with Crippen LogP contribution >= 0.6 is 0 Å². The molecule has 0 spiro atoms. The molecule has 1 aromatic heterocycles. The van der Waals surface area contributed by atoms with Crippen molar-refractivity contribution < 1.29 is 9.47 Å². The van der Waals surface area contributed by atoms with Crippen LogP contribution in [0.2, 0.25) is 0 Å². The van der Waals surface area contributed by atoms with Gasteiger partial charge < -0.3 is 20.1 Å². The number of nitrogens with zero attached hydrogens (tertiary/aromatic N) is 3. The average Bonchev–Trinajstić information content (AvgIpc) is 2.46. The third kappa shape index (κ3) is 4.68. The van der Waals surface area contributed by atoms with E-state index in [-0.39, 0.29) is 0 Å². The van der Waals surface area contributed by atoms with Gasteiger partial charge in [-0.05, 0) is 19.9 Å². The summed E-state index contributed by atoms with van der Waals surface area (Å²) in [6.45, 7) is 7.73. The fourth-order valence-electron chi connectivity index (χ4n) is 1.77. The lowest BCUT2D eigenvalue weighted by Crippen LogP contribution is -2.32. The predicted molar refractivity (Wildman–Crippen MR) is 78.6 cm³/mol. The minimum Gasteiger partial charge on any atom is -0.395 e. The summed E-state index contributed by atoms with van der Waals surface area (Å²) in [5.74, 6) is 0.614. The Morgan fingerprint density at radius 1 is 1.25 bits per heavy atom. The molecular weight excluding hydrogens is 256 g/mol. The van der Waals surface area contributed by atoms with E-state index in [0.717, 1.165) is 0 Å². The molecule has 1 aromatic rings. The Morgan fingerprint density at radius 2 is 1.85 bits per heavy atom. The first-order valence-electron chi connectivity index (χ1n) is 6.79. The predicted octanol–water partition coefficient (Wildman–Crippen LogP) is 1.41. The van der Waals surface area contributed by atoms with Gasteiger partial charge in [-0.1, -0.05) is 0 Å². The first-order valence-corrected chi connectivity index (χ1v) is 6.79. The SMILES string of the molecule is CCOCCN(CCOCC)c1nccc(C#N)c1N. The van der Waals surface area contributed by atoms with E-state index in [0.29, 0.717) is 56.6 Å². The number of hydrogen-bond donors (Lipinski definition) is 1. The van der Waals surface area contributed by atoms with Crippen LogP contribution in [-0.4, -0.2) is 44.5 Å². The van der Waals surface area contributed by atoms with E-state index < -0.39 is 0 Å². The van der Waals surface area contributed by atoms with Crippen LogP contribution in [0.4, 0.5) is 11.5 Å². The van der Waals surface area contributed by atoms with Crippen molar-refractivity contribution in [2.24, 2.45) is 0 Å². The number of hydrogen-bond acceptors (Lipinski definition) is 6. The molecule has 0 fully saturated rings. The van der Waals surface area contributed by atoms with Gasteiger partial charge in [0.25, 0.3) is 0 Å². The summed E-state index contributed by atoms with van der Waals surface area (Å²) in [6.07, 6.45) is 1.60. The van der Waals surface area contributed by atoms with Crippen LogP contribution in [0.25, 0.3) is 0 Å². The molecule has 0 aromatic carbocycles. The van der Waals surface area contributed by atoms with Crippen molar-refractivity contribution in [3.63, 3.8) is 0 Å². The molecule has 0 aliphatic heterocycles. The van der Waals surface area contributed by atoms with E-state index in [1.165, 1.54) is 0 Å². The molecule has 0 saturated carbocycles. The molecule has 0 amide bonds. The lowest BCUT2D eigenvalue weighted by molar-refractivity contribution is 0.141. The molecule has 0 saturated heterocycles. The second kappa shape index (κ2) is 9.13. The van der Waals surface area contributed by atoms with Gasteiger partial charge >= 0.3 is 0 Å². The number of anilines is 2. The topological polar surface area (TPSA) is 84.4 Å². The highest BCUT2D eigenvalue weighted by atomic mass is 16.5. The summed E-state index contributed by atoms with van der Waals surface area (Å²) in [5.41, 5.74) is 6.84. The number of rotatable bonds is 9. The maximum absolute atomic E-state index is 9.03. The number of aromatic nitrogens is 1. The van der Waals surface area contributed by atoms with Crippen LogP contribution in [-0.2, 0) is 9.47 Å². The smallest absolute Gasteiger partial charge is 0.153 e. The van der Waals surface area contributed by atoms with Gasteiger partial charge in [0.1, 0.15) is 6.07 Å². The molecule has 1 heterocycles. The highest BCUT2D eigenvalue weighted by molar-refractivity contribution is 5.69. The standard InChI is InChI=1S/C14H22N4O2/c1-3-19-9-7-18(8-10-20-4-2)14-13(16)12(11-15)5-6-17-14/h5-6H,3-4,7-10,16H2,1-2H3. The van der Waals surface area contributed by atoms with E-state index in [4.69, 9.17) is 20.5 Å². The largest absolute Gasteiger partial charge is 0.395 e. The monoisotopic (exact) mass is 278 g/mol. The third-order valence-electron chi connectivity index (χ3n) is 2.81. The van der Waals surface area contributed by atoms with E-state index in [1.807, 2.05) is 18.7 Å². The summed E-state index contributed by atoms with van der Waals surface area (Å²) < 4.78 is 10.7. The molecule has 0 radical (unpaired) electrons. The molecule has 20 heavy (non-hydrogen) atoms. The summed E-state index contributed by atoms with van der Waals surface area (Å²) in [6, 6.07) is 3.68. The number of ether oxygens (including phenoxy) is 2. The zero-order valence-corrected chi connectivity index (χ0v) is 12.1. The highest BCUT2D eigenvalue weighted by Gasteiger charge is 2.14. The van der Waals surface area contributed by atoms with E-state index >= 15 is 0 Å². The summed E-state index contributed by atoms with van der Waals surface area (Å²) in [7, 11) is 0. The summed E-state index contributed by atoms with van der Waals surface area (Å²) >= 11 is 0. The van der Waals surface area contributed by atoms with Crippen LogP contribution in [0.15, 0.2) is 12.3 Å². The van der Waals surface area contributed by atoms with Gasteiger partial charge in [-0.25, -0.2) is 4.98 Å². The van der Waals surface area contributed by atoms with Crippen LogP contribution in [0, 0.1) is 11.3 Å². The molecule has 0 aliphatic carbocycles. The first kappa shape index (κ1) is 16.2. The van der Waals surface area contributed by atoms with Crippen molar-refractivity contribution in [2.75, 3.05) is 50.2 Å². The fraction of sp³-hybridized carbons (Fsp3) is 0.571. The van der Waals surface area contributed by atoms with E-state index in [2.05, 4.69) is 11.1 Å². The molecule has 1 rings (SSSR count). The number of nitrogens with two attached hydrogens (primary N) is 1. The van der Waals surface area contributed by atoms with Crippen molar-refractivity contribution in [3.05, 3.63) is 17.8 Å². The zero-order valence-electron chi connectivity index (χ0n) is 12.1. The molecule has 2 N–H and O–H groups in total. The van der Waals surface area contributed by atoms with Gasteiger partial charge in [0.2, 0.25) is 0 Å². The first-order chi connectivity index (χ1) is 9.74. The third-order valence-corrected chi connectivity index (χ3v) is 2.81. The summed E-state index contributed by atoms with van der Waals surface area (Å²) in [4.78, 5) is 6.27. The molecule has 0 unspecified atom stereocenters. The van der Waals surface area contributed by atoms with Crippen LogP contribution in [0.5, 0.6) is 0 Å². The van der Waals surface area contributed by atoms with Gasteiger partial charge in [-0.3, -0.25) is 0 Å². The Balaban J connectivity index is 2.82. The maximum atomic E-state index is 9.03. The Kier molecular flexibility index (Phi) is 7.40. The normalized spacial score (nSPS) is 10.2. The molecule has 0 bridgehead atoms. The fourth-order valence-corrected chi connectivity index (χ4v) is 1.77. The highest BCUT2D eigenvalue weighted by Crippen LogP contribution is 2.23. The average molecular weight is 278 g/mol. The van der Waals surface area contributed by atoms with Crippen molar-refractivity contribution in [1.29, 1.82) is 5.26 Å².